The third-order valence-electron chi connectivity index (χ3n) is 2.91. The summed E-state index contributed by atoms with van der Waals surface area (Å²) in [4.78, 5) is 8.67. The first kappa shape index (κ1) is 9.44. The maximum Gasteiger partial charge on any atom is 0.223 e. The van der Waals surface area contributed by atoms with Gasteiger partial charge in [0.2, 0.25) is 5.95 Å². The van der Waals surface area contributed by atoms with Crippen LogP contribution in [0.25, 0.3) is 0 Å². The number of nitrogens with one attached hydrogen (secondary N) is 1. The van der Waals surface area contributed by atoms with E-state index in [9.17, 15) is 0 Å². The first-order chi connectivity index (χ1) is 6.66. The van der Waals surface area contributed by atoms with Crippen molar-refractivity contribution in [2.45, 2.75) is 39.7 Å². The van der Waals surface area contributed by atoms with E-state index < -0.39 is 0 Å². The molecule has 1 saturated carbocycles. The lowest BCUT2D eigenvalue weighted by Crippen LogP contribution is -2.19. The van der Waals surface area contributed by atoms with Crippen LogP contribution in [0.3, 0.4) is 0 Å². The van der Waals surface area contributed by atoms with Crippen LogP contribution in [0, 0.1) is 19.8 Å². The summed E-state index contributed by atoms with van der Waals surface area (Å²) in [7, 11) is 0. The number of aromatic nitrogens is 2. The fourth-order valence-electron chi connectivity index (χ4n) is 1.51. The van der Waals surface area contributed by atoms with E-state index in [1.54, 1.807) is 0 Å². The molecule has 1 aromatic rings. The molecule has 1 atom stereocenters. The highest BCUT2D eigenvalue weighted by atomic mass is 15.1. The molecule has 3 nitrogen and oxygen atoms in total. The molecule has 0 aromatic carbocycles. The van der Waals surface area contributed by atoms with Gasteiger partial charge in [-0.15, -0.1) is 0 Å². The van der Waals surface area contributed by atoms with Crippen molar-refractivity contribution in [2.75, 3.05) is 5.32 Å². The molecule has 0 amide bonds. The van der Waals surface area contributed by atoms with Crippen LogP contribution in [0.5, 0.6) is 0 Å². The summed E-state index contributed by atoms with van der Waals surface area (Å²) in [5.41, 5.74) is 2.21. The standard InChI is InChI=1S/C11H17N3/c1-7-6-12-11(13-8(7)2)14-9(3)10-4-5-10/h6,9-10H,4-5H2,1-3H3,(H,12,13,14). The Morgan fingerprint density at radius 2 is 2.14 bits per heavy atom. The van der Waals surface area contributed by atoms with Crippen LogP contribution in [0.4, 0.5) is 5.95 Å². The van der Waals surface area contributed by atoms with Crippen LogP contribution >= 0.6 is 0 Å². The highest BCUT2D eigenvalue weighted by molar-refractivity contribution is 5.30. The van der Waals surface area contributed by atoms with Gasteiger partial charge in [-0.3, -0.25) is 0 Å². The minimum atomic E-state index is 0.511. The predicted molar refractivity (Wildman–Crippen MR) is 57.3 cm³/mol. The number of nitrogens with zero attached hydrogens (tertiary/aromatic N) is 2. The van der Waals surface area contributed by atoms with Gasteiger partial charge in [0.15, 0.2) is 0 Å². The van der Waals surface area contributed by atoms with E-state index in [4.69, 9.17) is 0 Å². The Kier molecular flexibility index (Phi) is 2.40. The first-order valence-corrected chi connectivity index (χ1v) is 5.23. The predicted octanol–water partition coefficient (Wildman–Crippen LogP) is 2.30. The Morgan fingerprint density at radius 1 is 1.43 bits per heavy atom. The van der Waals surface area contributed by atoms with Gasteiger partial charge in [0.05, 0.1) is 0 Å². The van der Waals surface area contributed by atoms with E-state index in [1.807, 2.05) is 20.0 Å². The molecular formula is C11H17N3. The molecular weight excluding hydrogens is 174 g/mol. The van der Waals surface area contributed by atoms with Crippen molar-refractivity contribution in [3.05, 3.63) is 17.5 Å². The maximum absolute atomic E-state index is 4.40. The lowest BCUT2D eigenvalue weighted by Gasteiger charge is -2.12. The minimum Gasteiger partial charge on any atom is -0.351 e. The van der Waals surface area contributed by atoms with Gasteiger partial charge in [-0.25, -0.2) is 9.97 Å². The highest BCUT2D eigenvalue weighted by Crippen LogP contribution is 2.33. The molecule has 1 aromatic heterocycles. The van der Waals surface area contributed by atoms with Crippen molar-refractivity contribution in [1.82, 2.24) is 9.97 Å². The van der Waals surface area contributed by atoms with Gasteiger partial charge >= 0.3 is 0 Å². The van der Waals surface area contributed by atoms with Gasteiger partial charge in [-0.1, -0.05) is 0 Å². The van der Waals surface area contributed by atoms with Gasteiger partial charge in [0.25, 0.3) is 0 Å². The van der Waals surface area contributed by atoms with Crippen molar-refractivity contribution < 1.29 is 0 Å². The SMILES string of the molecule is Cc1cnc(NC(C)C2CC2)nc1C. The lowest BCUT2D eigenvalue weighted by molar-refractivity contribution is 0.685. The molecule has 0 spiro atoms. The summed E-state index contributed by atoms with van der Waals surface area (Å²) in [6.45, 7) is 6.25. The number of anilines is 1. The van der Waals surface area contributed by atoms with Crippen LogP contribution in [-0.2, 0) is 0 Å². The molecule has 2 rings (SSSR count). The Labute approximate surface area is 85.0 Å². The highest BCUT2D eigenvalue weighted by Gasteiger charge is 2.28. The van der Waals surface area contributed by atoms with Crippen molar-refractivity contribution in [3.63, 3.8) is 0 Å². The van der Waals surface area contributed by atoms with Gasteiger partial charge in [0, 0.05) is 17.9 Å². The lowest BCUT2D eigenvalue weighted by atomic mass is 10.2. The topological polar surface area (TPSA) is 37.8 Å². The molecule has 0 bridgehead atoms. The van der Waals surface area contributed by atoms with Crippen LogP contribution < -0.4 is 5.32 Å². The van der Waals surface area contributed by atoms with E-state index >= 15 is 0 Å². The monoisotopic (exact) mass is 191 g/mol. The molecule has 3 heteroatoms. The van der Waals surface area contributed by atoms with E-state index in [0.29, 0.717) is 6.04 Å². The third-order valence-corrected chi connectivity index (χ3v) is 2.91. The summed E-state index contributed by atoms with van der Waals surface area (Å²) in [5, 5.41) is 3.35. The zero-order chi connectivity index (χ0) is 10.1. The van der Waals surface area contributed by atoms with Crippen LogP contribution in [0.2, 0.25) is 0 Å². The molecule has 1 heterocycles. The van der Waals surface area contributed by atoms with Crippen LogP contribution in [-0.4, -0.2) is 16.0 Å². The Bertz CT molecular complexity index is 331. The Balaban J connectivity index is 2.04. The second-order valence-electron chi connectivity index (χ2n) is 4.23. The number of rotatable bonds is 3. The fraction of sp³-hybridized carbons (Fsp3) is 0.636. The normalized spacial score (nSPS) is 17.9. The number of aryl methyl sites for hydroxylation is 2. The average molecular weight is 191 g/mol. The Hall–Kier alpha value is -1.12. The smallest absolute Gasteiger partial charge is 0.223 e. The van der Waals surface area contributed by atoms with Crippen LogP contribution in [0.15, 0.2) is 6.20 Å². The Morgan fingerprint density at radius 3 is 2.71 bits per heavy atom. The number of hydrogen-bond donors (Lipinski definition) is 1. The minimum absolute atomic E-state index is 0.511. The van der Waals surface area contributed by atoms with Gasteiger partial charge < -0.3 is 5.32 Å². The second-order valence-corrected chi connectivity index (χ2v) is 4.23. The average Bonchev–Trinajstić information content (AvgIpc) is 2.94. The fourth-order valence-corrected chi connectivity index (χ4v) is 1.51. The zero-order valence-corrected chi connectivity index (χ0v) is 9.04. The largest absolute Gasteiger partial charge is 0.351 e. The summed E-state index contributed by atoms with van der Waals surface area (Å²) in [5.74, 6) is 1.60. The number of hydrogen-bond acceptors (Lipinski definition) is 3. The van der Waals surface area contributed by atoms with E-state index in [1.165, 1.54) is 12.8 Å². The van der Waals surface area contributed by atoms with Crippen molar-refractivity contribution in [3.8, 4) is 0 Å². The molecule has 0 saturated heterocycles. The van der Waals surface area contributed by atoms with E-state index in [2.05, 4.69) is 22.2 Å². The van der Waals surface area contributed by atoms with Crippen molar-refractivity contribution in [2.24, 2.45) is 5.92 Å². The summed E-state index contributed by atoms with van der Waals surface area (Å²) >= 11 is 0. The van der Waals surface area contributed by atoms with E-state index in [0.717, 1.165) is 23.1 Å². The third kappa shape index (κ3) is 2.03. The molecule has 1 fully saturated rings. The molecule has 1 N–H and O–H groups in total. The summed E-state index contributed by atoms with van der Waals surface area (Å²) in [6.07, 6.45) is 4.57. The second kappa shape index (κ2) is 3.56. The first-order valence-electron chi connectivity index (χ1n) is 5.23. The molecule has 0 aliphatic heterocycles. The quantitative estimate of drug-likeness (QED) is 0.796. The molecule has 76 valence electrons. The van der Waals surface area contributed by atoms with E-state index in [-0.39, 0.29) is 0 Å². The van der Waals surface area contributed by atoms with Crippen LogP contribution in [0.1, 0.15) is 31.0 Å². The summed E-state index contributed by atoms with van der Waals surface area (Å²) < 4.78 is 0. The van der Waals surface area contributed by atoms with Gasteiger partial charge in [-0.2, -0.15) is 0 Å². The van der Waals surface area contributed by atoms with Crippen molar-refractivity contribution >= 4 is 5.95 Å². The zero-order valence-electron chi connectivity index (χ0n) is 9.04. The van der Waals surface area contributed by atoms with Gasteiger partial charge in [0.1, 0.15) is 0 Å². The molecule has 1 unspecified atom stereocenters. The molecule has 0 radical (unpaired) electrons. The molecule has 1 aliphatic rings. The summed E-state index contributed by atoms with van der Waals surface area (Å²) in [6, 6.07) is 0.511. The maximum atomic E-state index is 4.40. The van der Waals surface area contributed by atoms with Crippen molar-refractivity contribution in [1.29, 1.82) is 0 Å². The molecule has 1 aliphatic carbocycles. The van der Waals surface area contributed by atoms with Gasteiger partial charge in [-0.05, 0) is 45.1 Å². The molecule has 14 heavy (non-hydrogen) atoms.